The molecule has 0 atom stereocenters. The number of hydrogen-bond acceptors (Lipinski definition) is 4. The van der Waals surface area contributed by atoms with E-state index >= 15 is 0 Å². The van der Waals surface area contributed by atoms with Gasteiger partial charge >= 0.3 is 0 Å². The summed E-state index contributed by atoms with van der Waals surface area (Å²) in [6.07, 6.45) is 2.21. The van der Waals surface area contributed by atoms with Gasteiger partial charge in [0.2, 0.25) is 0 Å². The van der Waals surface area contributed by atoms with Crippen LogP contribution in [0.1, 0.15) is 11.3 Å². The van der Waals surface area contributed by atoms with Crippen molar-refractivity contribution in [3.63, 3.8) is 0 Å². The average Bonchev–Trinajstić information content (AvgIpc) is 2.48. The average molecular weight is 254 g/mol. The van der Waals surface area contributed by atoms with Crippen LogP contribution in [0.3, 0.4) is 0 Å². The van der Waals surface area contributed by atoms with E-state index in [2.05, 4.69) is 11.1 Å². The lowest BCUT2D eigenvalue weighted by Crippen LogP contribution is -2.03. The highest BCUT2D eigenvalue weighted by Crippen LogP contribution is 2.17. The molecule has 1 aromatic heterocycles. The first-order valence-corrected chi connectivity index (χ1v) is 5.94. The minimum Gasteiger partial charge on any atom is -0.494 e. The maximum Gasteiger partial charge on any atom is 0.154 e. The van der Waals surface area contributed by atoms with E-state index in [-0.39, 0.29) is 0 Å². The zero-order chi connectivity index (χ0) is 13.5. The van der Waals surface area contributed by atoms with Crippen molar-refractivity contribution in [2.24, 2.45) is 0 Å². The van der Waals surface area contributed by atoms with Crippen molar-refractivity contribution in [2.45, 2.75) is 6.42 Å². The summed E-state index contributed by atoms with van der Waals surface area (Å²) in [5, 5.41) is 8.99. The summed E-state index contributed by atoms with van der Waals surface area (Å²) in [7, 11) is 1.52. The molecule has 4 nitrogen and oxygen atoms in total. The summed E-state index contributed by atoms with van der Waals surface area (Å²) >= 11 is 0. The summed E-state index contributed by atoms with van der Waals surface area (Å²) in [5.74, 6) is 1.33. The minimum absolute atomic E-state index is 0.493. The van der Waals surface area contributed by atoms with Crippen LogP contribution in [-0.4, -0.2) is 18.7 Å². The van der Waals surface area contributed by atoms with Gasteiger partial charge in [-0.25, -0.2) is 0 Å². The molecule has 1 heterocycles. The fraction of sp³-hybridized carbons (Fsp3) is 0.200. The molecule has 2 rings (SSSR count). The molecule has 1 aromatic carbocycles. The Hall–Kier alpha value is -2.54. The molecule has 0 bridgehead atoms. The van der Waals surface area contributed by atoms with Crippen LogP contribution in [0.5, 0.6) is 11.5 Å². The van der Waals surface area contributed by atoms with Gasteiger partial charge in [-0.2, -0.15) is 5.26 Å². The maximum atomic E-state index is 8.99. The van der Waals surface area contributed by atoms with E-state index in [4.69, 9.17) is 14.7 Å². The SMILES string of the molecule is COc1cnc(CCOc2ccccc2)cc1C#N. The van der Waals surface area contributed by atoms with Gasteiger partial charge in [0.05, 0.1) is 25.5 Å². The third-order valence-electron chi connectivity index (χ3n) is 2.63. The number of ether oxygens (including phenoxy) is 2. The Labute approximate surface area is 112 Å². The van der Waals surface area contributed by atoms with Gasteiger partial charge < -0.3 is 9.47 Å². The standard InChI is InChI=1S/C15H14N2O2/c1-18-15-11-17-13(9-12(15)10-16)7-8-19-14-5-3-2-4-6-14/h2-6,9,11H,7-8H2,1H3. The van der Waals surface area contributed by atoms with Crippen molar-refractivity contribution in [3.8, 4) is 17.6 Å². The van der Waals surface area contributed by atoms with Crippen molar-refractivity contribution in [1.82, 2.24) is 4.98 Å². The molecule has 0 spiro atoms. The lowest BCUT2D eigenvalue weighted by molar-refractivity contribution is 0.320. The number of nitrogens with zero attached hydrogens (tertiary/aromatic N) is 2. The van der Waals surface area contributed by atoms with E-state index in [0.717, 1.165) is 11.4 Å². The van der Waals surface area contributed by atoms with E-state index in [1.54, 1.807) is 12.3 Å². The molecule has 0 unspecified atom stereocenters. The number of rotatable bonds is 5. The predicted octanol–water partition coefficient (Wildman–Crippen LogP) is 2.58. The lowest BCUT2D eigenvalue weighted by atomic mass is 10.2. The normalized spacial score (nSPS) is 9.68. The van der Waals surface area contributed by atoms with Gasteiger partial charge in [-0.05, 0) is 18.2 Å². The Morgan fingerprint density at radius 3 is 2.74 bits per heavy atom. The van der Waals surface area contributed by atoms with Crippen LogP contribution in [0.25, 0.3) is 0 Å². The molecule has 96 valence electrons. The van der Waals surface area contributed by atoms with E-state index in [0.29, 0.717) is 24.3 Å². The van der Waals surface area contributed by atoms with E-state index in [1.165, 1.54) is 7.11 Å². The zero-order valence-electron chi connectivity index (χ0n) is 10.7. The fourth-order valence-electron chi connectivity index (χ4n) is 1.66. The Balaban J connectivity index is 1.95. The number of nitriles is 1. The van der Waals surface area contributed by atoms with Crippen molar-refractivity contribution in [2.75, 3.05) is 13.7 Å². The molecule has 2 aromatic rings. The Morgan fingerprint density at radius 2 is 2.05 bits per heavy atom. The van der Waals surface area contributed by atoms with Gasteiger partial charge in [0.15, 0.2) is 5.75 Å². The minimum atomic E-state index is 0.493. The molecular formula is C15H14N2O2. The molecule has 0 aliphatic carbocycles. The van der Waals surface area contributed by atoms with Crippen LogP contribution in [0.2, 0.25) is 0 Å². The zero-order valence-corrected chi connectivity index (χ0v) is 10.7. The smallest absolute Gasteiger partial charge is 0.154 e. The topological polar surface area (TPSA) is 55.1 Å². The highest BCUT2D eigenvalue weighted by Gasteiger charge is 2.05. The van der Waals surface area contributed by atoms with Crippen LogP contribution < -0.4 is 9.47 Å². The predicted molar refractivity (Wildman–Crippen MR) is 71.1 cm³/mol. The number of para-hydroxylation sites is 1. The Kier molecular flexibility index (Phi) is 4.35. The van der Waals surface area contributed by atoms with Gasteiger partial charge in [-0.1, -0.05) is 18.2 Å². The summed E-state index contributed by atoms with van der Waals surface area (Å²) in [4.78, 5) is 4.23. The third kappa shape index (κ3) is 3.46. The maximum absolute atomic E-state index is 8.99. The molecule has 0 amide bonds. The number of hydrogen-bond donors (Lipinski definition) is 0. The molecule has 0 aliphatic rings. The van der Waals surface area contributed by atoms with E-state index in [9.17, 15) is 0 Å². The first-order valence-electron chi connectivity index (χ1n) is 5.94. The van der Waals surface area contributed by atoms with Crippen molar-refractivity contribution in [1.29, 1.82) is 5.26 Å². The summed E-state index contributed by atoms with van der Waals surface area (Å²) < 4.78 is 10.6. The van der Waals surface area contributed by atoms with Gasteiger partial charge in [-0.15, -0.1) is 0 Å². The van der Waals surface area contributed by atoms with Crippen molar-refractivity contribution in [3.05, 3.63) is 53.9 Å². The fourth-order valence-corrected chi connectivity index (χ4v) is 1.66. The molecule has 0 saturated heterocycles. The molecule has 0 fully saturated rings. The quantitative estimate of drug-likeness (QED) is 0.823. The monoisotopic (exact) mass is 254 g/mol. The van der Waals surface area contributed by atoms with E-state index < -0.39 is 0 Å². The Bertz CT molecular complexity index is 576. The number of aromatic nitrogens is 1. The Morgan fingerprint density at radius 1 is 1.26 bits per heavy atom. The van der Waals surface area contributed by atoms with Crippen LogP contribution in [0.4, 0.5) is 0 Å². The summed E-state index contributed by atoms with van der Waals surface area (Å²) in [6.45, 7) is 0.522. The third-order valence-corrected chi connectivity index (χ3v) is 2.63. The summed E-state index contributed by atoms with van der Waals surface area (Å²) in [5.41, 5.74) is 1.31. The van der Waals surface area contributed by atoms with Crippen LogP contribution in [0, 0.1) is 11.3 Å². The molecule has 0 saturated carbocycles. The van der Waals surface area contributed by atoms with Gasteiger partial charge in [-0.3, -0.25) is 4.98 Å². The van der Waals surface area contributed by atoms with Gasteiger partial charge in [0.25, 0.3) is 0 Å². The molecule has 4 heteroatoms. The van der Waals surface area contributed by atoms with Crippen LogP contribution in [0.15, 0.2) is 42.6 Å². The number of pyridine rings is 1. The molecule has 19 heavy (non-hydrogen) atoms. The molecule has 0 aliphatic heterocycles. The van der Waals surface area contributed by atoms with Crippen molar-refractivity contribution >= 4 is 0 Å². The van der Waals surface area contributed by atoms with E-state index in [1.807, 2.05) is 30.3 Å². The molecule has 0 N–H and O–H groups in total. The molecular weight excluding hydrogens is 240 g/mol. The highest BCUT2D eigenvalue weighted by atomic mass is 16.5. The first kappa shape index (κ1) is 12.9. The second-order valence-corrected chi connectivity index (χ2v) is 3.90. The lowest BCUT2D eigenvalue weighted by Gasteiger charge is -2.07. The second-order valence-electron chi connectivity index (χ2n) is 3.90. The first-order chi connectivity index (χ1) is 9.33. The summed E-state index contributed by atoms with van der Waals surface area (Å²) in [6, 6.07) is 13.4. The van der Waals surface area contributed by atoms with Crippen LogP contribution >= 0.6 is 0 Å². The second kappa shape index (κ2) is 6.41. The molecule has 0 radical (unpaired) electrons. The van der Waals surface area contributed by atoms with Gasteiger partial charge in [0, 0.05) is 12.1 Å². The number of methoxy groups -OCH3 is 1. The van der Waals surface area contributed by atoms with Crippen LogP contribution in [-0.2, 0) is 6.42 Å². The number of benzene rings is 1. The van der Waals surface area contributed by atoms with Crippen molar-refractivity contribution < 1.29 is 9.47 Å². The highest BCUT2D eigenvalue weighted by molar-refractivity contribution is 5.42. The largest absolute Gasteiger partial charge is 0.494 e. The van der Waals surface area contributed by atoms with Gasteiger partial charge in [0.1, 0.15) is 11.8 Å².